The number of rotatable bonds is 6. The number of hydrogen-bond donors (Lipinski definition) is 0. The van der Waals surface area contributed by atoms with Crippen molar-refractivity contribution in [2.45, 2.75) is 26.3 Å². The number of carbonyl (C=O) groups excluding carboxylic acids is 2. The molecule has 32 heavy (non-hydrogen) atoms. The lowest BCUT2D eigenvalue weighted by Crippen LogP contribution is -2.39. The molecular weight excluding hydrogens is 411 g/mol. The highest BCUT2D eigenvalue weighted by Crippen LogP contribution is 2.35. The molecular formula is C25H27FN2O4. The first-order valence-corrected chi connectivity index (χ1v) is 10.7. The minimum Gasteiger partial charge on any atom is -0.493 e. The zero-order valence-corrected chi connectivity index (χ0v) is 18.6. The Hall–Kier alpha value is -3.35. The quantitative estimate of drug-likeness (QED) is 0.641. The fraction of sp³-hybridized carbons (Fsp3) is 0.360. The van der Waals surface area contributed by atoms with Gasteiger partial charge in [-0.2, -0.15) is 0 Å². The second-order valence-electron chi connectivity index (χ2n) is 8.31. The first-order valence-electron chi connectivity index (χ1n) is 10.7. The Morgan fingerprint density at radius 1 is 1.00 bits per heavy atom. The Balaban J connectivity index is 1.71. The normalized spacial score (nSPS) is 19.1. The summed E-state index contributed by atoms with van der Waals surface area (Å²) in [5.74, 6) is 0.446. The monoisotopic (exact) mass is 438 g/mol. The van der Waals surface area contributed by atoms with E-state index in [0.717, 1.165) is 18.4 Å². The predicted molar refractivity (Wildman–Crippen MR) is 118 cm³/mol. The molecule has 1 saturated heterocycles. The van der Waals surface area contributed by atoms with Crippen LogP contribution in [0.5, 0.6) is 11.5 Å². The third kappa shape index (κ3) is 4.07. The summed E-state index contributed by atoms with van der Waals surface area (Å²) in [4.78, 5) is 30.3. The van der Waals surface area contributed by atoms with Crippen LogP contribution in [-0.2, 0) is 16.1 Å². The van der Waals surface area contributed by atoms with Crippen LogP contribution >= 0.6 is 0 Å². The molecule has 7 heteroatoms. The van der Waals surface area contributed by atoms with Gasteiger partial charge in [0.25, 0.3) is 11.8 Å². The second-order valence-corrected chi connectivity index (χ2v) is 8.31. The van der Waals surface area contributed by atoms with Gasteiger partial charge in [0, 0.05) is 13.1 Å². The second kappa shape index (κ2) is 9.02. The number of carbonyl (C=O) groups is 2. The molecule has 6 nitrogen and oxygen atoms in total. The predicted octanol–water partition coefficient (Wildman–Crippen LogP) is 3.85. The zero-order valence-electron chi connectivity index (χ0n) is 18.6. The van der Waals surface area contributed by atoms with E-state index in [2.05, 4.69) is 6.92 Å². The number of piperidine rings is 1. The third-order valence-corrected chi connectivity index (χ3v) is 6.04. The minimum absolute atomic E-state index is 0.107. The molecule has 0 N–H and O–H groups in total. The number of ether oxygens (including phenoxy) is 2. The van der Waals surface area contributed by atoms with Crippen LogP contribution in [0.25, 0.3) is 5.57 Å². The van der Waals surface area contributed by atoms with Crippen molar-refractivity contribution in [1.82, 2.24) is 9.80 Å². The molecule has 4 rings (SSSR count). The Morgan fingerprint density at radius 3 is 2.38 bits per heavy atom. The van der Waals surface area contributed by atoms with E-state index >= 15 is 0 Å². The molecule has 0 aliphatic carbocycles. The zero-order chi connectivity index (χ0) is 22.8. The molecule has 1 unspecified atom stereocenters. The van der Waals surface area contributed by atoms with Crippen LogP contribution in [-0.4, -0.2) is 48.9 Å². The van der Waals surface area contributed by atoms with Crippen molar-refractivity contribution in [3.63, 3.8) is 0 Å². The van der Waals surface area contributed by atoms with Gasteiger partial charge in [-0.1, -0.05) is 25.1 Å². The topological polar surface area (TPSA) is 59.1 Å². The molecule has 2 aromatic carbocycles. The number of methoxy groups -OCH3 is 2. The van der Waals surface area contributed by atoms with Gasteiger partial charge in [-0.15, -0.1) is 0 Å². The smallest absolute Gasteiger partial charge is 0.278 e. The summed E-state index contributed by atoms with van der Waals surface area (Å²) in [6.07, 6.45) is 2.05. The van der Waals surface area contributed by atoms with Crippen LogP contribution in [0.15, 0.2) is 48.2 Å². The molecule has 2 heterocycles. The molecule has 0 bridgehead atoms. The van der Waals surface area contributed by atoms with Crippen LogP contribution < -0.4 is 9.47 Å². The Bertz CT molecular complexity index is 1060. The van der Waals surface area contributed by atoms with Crippen LogP contribution in [0.3, 0.4) is 0 Å². The summed E-state index contributed by atoms with van der Waals surface area (Å²) in [5.41, 5.74) is 2.04. The highest BCUT2D eigenvalue weighted by atomic mass is 19.1. The van der Waals surface area contributed by atoms with E-state index in [1.165, 1.54) is 24.1 Å². The Morgan fingerprint density at radius 2 is 1.72 bits per heavy atom. The van der Waals surface area contributed by atoms with E-state index in [9.17, 15) is 14.0 Å². The van der Waals surface area contributed by atoms with Gasteiger partial charge in [-0.25, -0.2) is 4.39 Å². The molecule has 1 fully saturated rings. The SMILES string of the molecule is COc1ccc(CN2C(=O)C(c3ccc(F)cc3)=C(N3CCCC(C)C3)C2=O)cc1OC. The van der Waals surface area contributed by atoms with Gasteiger partial charge >= 0.3 is 0 Å². The molecule has 0 radical (unpaired) electrons. The number of nitrogens with zero attached hydrogens (tertiary/aromatic N) is 2. The average molecular weight is 438 g/mol. The van der Waals surface area contributed by atoms with Crippen molar-refractivity contribution >= 4 is 17.4 Å². The molecule has 0 spiro atoms. The standard InChI is InChI=1S/C25H27FN2O4/c1-16-5-4-12-27(14-16)23-22(18-7-9-19(26)10-8-18)24(29)28(25(23)30)15-17-6-11-20(31-2)21(13-17)32-3/h6-11,13,16H,4-5,12,14-15H2,1-3H3. The van der Waals surface area contributed by atoms with Gasteiger partial charge in [-0.05, 0) is 54.2 Å². The molecule has 2 amide bonds. The largest absolute Gasteiger partial charge is 0.493 e. The fourth-order valence-electron chi connectivity index (χ4n) is 4.43. The lowest BCUT2D eigenvalue weighted by Gasteiger charge is -2.33. The first kappa shape index (κ1) is 21.9. The van der Waals surface area contributed by atoms with E-state index < -0.39 is 0 Å². The number of likely N-dealkylation sites (tertiary alicyclic amines) is 1. The van der Waals surface area contributed by atoms with Gasteiger partial charge in [0.05, 0.1) is 26.3 Å². The lowest BCUT2D eigenvalue weighted by molar-refractivity contribution is -0.138. The summed E-state index contributed by atoms with van der Waals surface area (Å²) >= 11 is 0. The highest BCUT2D eigenvalue weighted by Gasteiger charge is 2.42. The van der Waals surface area contributed by atoms with Crippen molar-refractivity contribution in [3.8, 4) is 11.5 Å². The molecule has 0 aromatic heterocycles. The van der Waals surface area contributed by atoms with Crippen molar-refractivity contribution in [1.29, 1.82) is 0 Å². The lowest BCUT2D eigenvalue weighted by atomic mass is 9.98. The van der Waals surface area contributed by atoms with Gasteiger partial charge in [0.2, 0.25) is 0 Å². The molecule has 2 aliphatic rings. The number of hydrogen-bond acceptors (Lipinski definition) is 5. The number of imide groups is 1. The summed E-state index contributed by atoms with van der Waals surface area (Å²) in [7, 11) is 3.09. The maximum absolute atomic E-state index is 13.5. The molecule has 2 aromatic rings. The first-order chi connectivity index (χ1) is 15.4. The van der Waals surface area contributed by atoms with E-state index in [-0.39, 0.29) is 24.2 Å². The van der Waals surface area contributed by atoms with Gasteiger partial charge in [0.15, 0.2) is 11.5 Å². The van der Waals surface area contributed by atoms with Crippen molar-refractivity contribution in [2.24, 2.45) is 5.92 Å². The Kier molecular flexibility index (Phi) is 6.17. The molecule has 0 saturated carbocycles. The van der Waals surface area contributed by atoms with Gasteiger partial charge in [0.1, 0.15) is 11.5 Å². The number of halogens is 1. The summed E-state index contributed by atoms with van der Waals surface area (Å²) < 4.78 is 24.2. The van der Waals surface area contributed by atoms with Crippen LogP contribution in [0.4, 0.5) is 4.39 Å². The summed E-state index contributed by atoms with van der Waals surface area (Å²) in [5, 5.41) is 0. The van der Waals surface area contributed by atoms with Gasteiger partial charge < -0.3 is 14.4 Å². The van der Waals surface area contributed by atoms with E-state index in [4.69, 9.17) is 9.47 Å². The number of amides is 2. The molecule has 168 valence electrons. The maximum atomic E-state index is 13.5. The maximum Gasteiger partial charge on any atom is 0.278 e. The third-order valence-electron chi connectivity index (χ3n) is 6.04. The highest BCUT2D eigenvalue weighted by molar-refractivity contribution is 6.35. The van der Waals surface area contributed by atoms with E-state index in [0.29, 0.717) is 47.3 Å². The van der Waals surface area contributed by atoms with Crippen molar-refractivity contribution in [2.75, 3.05) is 27.3 Å². The van der Waals surface area contributed by atoms with Crippen LogP contribution in [0.1, 0.15) is 30.9 Å². The number of benzene rings is 2. The van der Waals surface area contributed by atoms with E-state index in [1.54, 1.807) is 37.4 Å². The molecule has 1 atom stereocenters. The Labute approximate surface area is 187 Å². The molecule has 2 aliphatic heterocycles. The van der Waals surface area contributed by atoms with Crippen molar-refractivity contribution < 1.29 is 23.5 Å². The van der Waals surface area contributed by atoms with Gasteiger partial charge in [-0.3, -0.25) is 14.5 Å². The minimum atomic E-state index is -0.388. The summed E-state index contributed by atoms with van der Waals surface area (Å²) in [6.45, 7) is 3.68. The van der Waals surface area contributed by atoms with Crippen molar-refractivity contribution in [3.05, 3.63) is 65.1 Å². The van der Waals surface area contributed by atoms with Crippen LogP contribution in [0, 0.1) is 11.7 Å². The fourth-order valence-corrected chi connectivity index (χ4v) is 4.43. The van der Waals surface area contributed by atoms with E-state index in [1.807, 2.05) is 4.90 Å². The van der Waals surface area contributed by atoms with Crippen LogP contribution in [0.2, 0.25) is 0 Å². The average Bonchev–Trinajstić information content (AvgIpc) is 3.04. The summed E-state index contributed by atoms with van der Waals surface area (Å²) in [6, 6.07) is 11.1.